The number of hydrogen-bond acceptors (Lipinski definition) is 6. The number of nitrogens with zero attached hydrogens (tertiary/aromatic N) is 2. The van der Waals surface area contributed by atoms with Crippen LogP contribution in [-0.2, 0) is 16.3 Å². The van der Waals surface area contributed by atoms with Crippen molar-refractivity contribution in [2.45, 2.75) is 11.6 Å². The van der Waals surface area contributed by atoms with E-state index in [1.54, 1.807) is 18.2 Å². The van der Waals surface area contributed by atoms with Crippen LogP contribution in [0.5, 0.6) is 0 Å². The van der Waals surface area contributed by atoms with Gasteiger partial charge in [0, 0.05) is 7.11 Å². The zero-order chi connectivity index (χ0) is 13.7. The largest absolute Gasteiger partial charge is 0.357 e. The van der Waals surface area contributed by atoms with Gasteiger partial charge in [-0.2, -0.15) is 0 Å². The number of ether oxygens (including phenoxy) is 1. The van der Waals surface area contributed by atoms with Gasteiger partial charge in [-0.15, -0.1) is 0 Å². The first-order chi connectivity index (χ1) is 8.96. The van der Waals surface area contributed by atoms with Crippen LogP contribution in [0.3, 0.4) is 0 Å². The molecule has 3 rings (SSSR count). The molecule has 0 radical (unpaired) electrons. The molecule has 0 amide bonds. The Kier molecular flexibility index (Phi) is 2.45. The summed E-state index contributed by atoms with van der Waals surface area (Å²) in [7, 11) is 1.35. The predicted molar refractivity (Wildman–Crippen MR) is 65.5 cm³/mol. The maximum absolute atomic E-state index is 10.3. The van der Waals surface area contributed by atoms with Crippen LogP contribution < -0.4 is 10.7 Å². The maximum atomic E-state index is 10.3. The predicted octanol–water partition coefficient (Wildman–Crippen LogP) is -1.89. The fourth-order valence-corrected chi connectivity index (χ4v) is 2.09. The van der Waals surface area contributed by atoms with Crippen LogP contribution >= 0.6 is 0 Å². The summed E-state index contributed by atoms with van der Waals surface area (Å²) >= 11 is 0. The molecule has 0 aromatic carbocycles. The second-order valence-electron chi connectivity index (χ2n) is 4.37. The minimum absolute atomic E-state index is 0.0266. The molecule has 1 unspecified atom stereocenters. The van der Waals surface area contributed by atoms with Gasteiger partial charge in [0.1, 0.15) is 11.4 Å². The minimum atomic E-state index is -2.16. The first kappa shape index (κ1) is 12.2. The SMILES string of the molecule is COC1(O)C=CC=c2nc3c(nc21)=CC=CC3(O)O. The lowest BCUT2D eigenvalue weighted by Crippen LogP contribution is -2.45. The summed E-state index contributed by atoms with van der Waals surface area (Å²) in [5.41, 5.74) is 0.248. The fourth-order valence-electron chi connectivity index (χ4n) is 2.09. The van der Waals surface area contributed by atoms with E-state index >= 15 is 0 Å². The first-order valence-electron chi connectivity index (χ1n) is 5.67. The highest BCUT2D eigenvalue weighted by atomic mass is 16.6. The molecule has 1 atom stereocenters. The van der Waals surface area contributed by atoms with Gasteiger partial charge in [-0.25, -0.2) is 9.97 Å². The van der Waals surface area contributed by atoms with E-state index in [2.05, 4.69) is 9.97 Å². The summed E-state index contributed by atoms with van der Waals surface area (Å²) in [5, 5.41) is 30.6. The summed E-state index contributed by atoms with van der Waals surface area (Å²) in [6, 6.07) is 0. The van der Waals surface area contributed by atoms with E-state index in [4.69, 9.17) is 4.74 Å². The Balaban J connectivity index is 2.35. The standard InChI is InChI=1S/C13H12N2O4/c1-19-13(18)7-3-5-9-11(13)15-8-4-2-6-12(16,17)10(8)14-9/h2-7,16-18H,1H3. The Morgan fingerprint density at radius 2 is 1.53 bits per heavy atom. The number of aromatic nitrogens is 2. The van der Waals surface area contributed by atoms with Crippen LogP contribution in [-0.4, -0.2) is 32.4 Å². The van der Waals surface area contributed by atoms with E-state index in [1.807, 2.05) is 0 Å². The number of fused-ring (bicyclic) bond motifs is 2. The van der Waals surface area contributed by atoms with Crippen molar-refractivity contribution in [2.24, 2.45) is 0 Å². The molecule has 0 fully saturated rings. The Labute approximate surface area is 108 Å². The molecule has 1 aromatic rings. The fraction of sp³-hybridized carbons (Fsp3) is 0.231. The van der Waals surface area contributed by atoms with Gasteiger partial charge in [-0.05, 0) is 24.3 Å². The van der Waals surface area contributed by atoms with Gasteiger partial charge >= 0.3 is 0 Å². The highest BCUT2D eigenvalue weighted by Crippen LogP contribution is 2.22. The molecule has 1 aromatic heterocycles. The van der Waals surface area contributed by atoms with Gasteiger partial charge in [0.2, 0.25) is 11.6 Å². The molecule has 2 aliphatic carbocycles. The summed E-state index contributed by atoms with van der Waals surface area (Å²) < 4.78 is 5.04. The second kappa shape index (κ2) is 3.82. The Hall–Kier alpha value is -1.86. The normalized spacial score (nSPS) is 26.1. The average Bonchev–Trinajstić information content (AvgIpc) is 2.38. The van der Waals surface area contributed by atoms with E-state index < -0.39 is 11.6 Å². The molecule has 0 saturated carbocycles. The van der Waals surface area contributed by atoms with Gasteiger partial charge in [0.05, 0.1) is 10.7 Å². The molecule has 2 aliphatic rings. The number of hydrogen-bond donors (Lipinski definition) is 3. The first-order valence-corrected chi connectivity index (χ1v) is 5.67. The second-order valence-corrected chi connectivity index (χ2v) is 4.37. The molecular formula is C13H12N2O4. The molecule has 0 bridgehead atoms. The van der Waals surface area contributed by atoms with Crippen molar-refractivity contribution < 1.29 is 20.1 Å². The molecule has 98 valence electrons. The van der Waals surface area contributed by atoms with Gasteiger partial charge in [0.15, 0.2) is 0 Å². The van der Waals surface area contributed by atoms with Crippen LogP contribution in [0, 0.1) is 0 Å². The smallest absolute Gasteiger partial charge is 0.232 e. The van der Waals surface area contributed by atoms with E-state index in [1.165, 1.54) is 25.3 Å². The van der Waals surface area contributed by atoms with E-state index in [9.17, 15) is 15.3 Å². The summed E-state index contributed by atoms with van der Waals surface area (Å²) in [6.07, 6.45) is 8.90. The van der Waals surface area contributed by atoms with E-state index in [0.29, 0.717) is 5.35 Å². The van der Waals surface area contributed by atoms with Crippen LogP contribution in [0.2, 0.25) is 0 Å². The van der Waals surface area contributed by atoms with Crippen molar-refractivity contribution in [1.82, 2.24) is 9.97 Å². The molecule has 0 saturated heterocycles. The van der Waals surface area contributed by atoms with Crippen molar-refractivity contribution in [2.75, 3.05) is 7.11 Å². The molecule has 19 heavy (non-hydrogen) atoms. The molecule has 1 heterocycles. The lowest BCUT2D eigenvalue weighted by Gasteiger charge is -2.26. The zero-order valence-electron chi connectivity index (χ0n) is 10.1. The lowest BCUT2D eigenvalue weighted by molar-refractivity contribution is -0.158. The van der Waals surface area contributed by atoms with Gasteiger partial charge < -0.3 is 20.1 Å². The third-order valence-electron chi connectivity index (χ3n) is 3.11. The minimum Gasteiger partial charge on any atom is -0.357 e. The van der Waals surface area contributed by atoms with Crippen molar-refractivity contribution in [3.63, 3.8) is 0 Å². The molecule has 6 heteroatoms. The average molecular weight is 260 g/mol. The van der Waals surface area contributed by atoms with Crippen LogP contribution in [0.15, 0.2) is 24.3 Å². The number of rotatable bonds is 1. The van der Waals surface area contributed by atoms with Crippen molar-refractivity contribution >= 4 is 12.2 Å². The highest BCUT2D eigenvalue weighted by Gasteiger charge is 2.34. The summed E-state index contributed by atoms with van der Waals surface area (Å²) in [6.45, 7) is 0. The third-order valence-corrected chi connectivity index (χ3v) is 3.11. The maximum Gasteiger partial charge on any atom is 0.232 e. The quantitative estimate of drug-likeness (QED) is 0.511. The summed E-state index contributed by atoms with van der Waals surface area (Å²) in [4.78, 5) is 8.38. The van der Waals surface area contributed by atoms with Crippen LogP contribution in [0.25, 0.3) is 12.2 Å². The molecule has 3 N–H and O–H groups in total. The molecule has 0 spiro atoms. The Morgan fingerprint density at radius 3 is 2.21 bits per heavy atom. The number of allylic oxidation sites excluding steroid dienone is 2. The Bertz CT molecular complexity index is 721. The molecule has 0 aliphatic heterocycles. The Morgan fingerprint density at radius 1 is 0.947 bits per heavy atom. The van der Waals surface area contributed by atoms with Gasteiger partial charge in [-0.1, -0.05) is 12.2 Å². The van der Waals surface area contributed by atoms with Crippen LogP contribution in [0.4, 0.5) is 0 Å². The highest BCUT2D eigenvalue weighted by molar-refractivity contribution is 5.47. The van der Waals surface area contributed by atoms with Crippen LogP contribution in [0.1, 0.15) is 11.4 Å². The van der Waals surface area contributed by atoms with E-state index in [-0.39, 0.29) is 16.7 Å². The zero-order valence-corrected chi connectivity index (χ0v) is 10.1. The molecule has 6 nitrogen and oxygen atoms in total. The third kappa shape index (κ3) is 1.73. The van der Waals surface area contributed by atoms with Crippen molar-refractivity contribution in [1.29, 1.82) is 0 Å². The molecular weight excluding hydrogens is 248 g/mol. The van der Waals surface area contributed by atoms with Crippen molar-refractivity contribution in [3.8, 4) is 0 Å². The van der Waals surface area contributed by atoms with Gasteiger partial charge in [-0.3, -0.25) is 0 Å². The lowest BCUT2D eigenvalue weighted by atomic mass is 10.0. The summed E-state index contributed by atoms with van der Waals surface area (Å²) in [5.74, 6) is -3.82. The van der Waals surface area contributed by atoms with Gasteiger partial charge in [0.25, 0.3) is 0 Å². The van der Waals surface area contributed by atoms with E-state index in [0.717, 1.165) is 0 Å². The van der Waals surface area contributed by atoms with Crippen molar-refractivity contribution in [3.05, 3.63) is 46.4 Å². The topological polar surface area (TPSA) is 95.7 Å². The monoisotopic (exact) mass is 260 g/mol. The number of methoxy groups -OCH3 is 1. The number of aliphatic hydroxyl groups is 3.